The van der Waals surface area contributed by atoms with Crippen molar-refractivity contribution >= 4 is 5.91 Å². The monoisotopic (exact) mass is 290 g/mol. The van der Waals surface area contributed by atoms with Gasteiger partial charge in [-0.25, -0.2) is 0 Å². The van der Waals surface area contributed by atoms with Crippen molar-refractivity contribution in [2.24, 2.45) is 5.92 Å². The van der Waals surface area contributed by atoms with Gasteiger partial charge in [-0.05, 0) is 37.3 Å². The van der Waals surface area contributed by atoms with Crippen molar-refractivity contribution in [3.63, 3.8) is 0 Å². The fourth-order valence-electron chi connectivity index (χ4n) is 2.93. The van der Waals surface area contributed by atoms with E-state index in [1.807, 2.05) is 30.3 Å². The maximum absolute atomic E-state index is 12.3. The number of rotatable bonds is 6. The zero-order chi connectivity index (χ0) is 15.1. The first-order chi connectivity index (χ1) is 10.2. The number of piperidine rings is 1. The Kier molecular flexibility index (Phi) is 6.21. The van der Waals surface area contributed by atoms with Gasteiger partial charge in [0.25, 0.3) is 0 Å². The molecule has 116 valence electrons. The van der Waals surface area contributed by atoms with Gasteiger partial charge >= 0.3 is 0 Å². The molecule has 0 aromatic heterocycles. The van der Waals surface area contributed by atoms with E-state index >= 15 is 0 Å². The second-order valence-corrected chi connectivity index (χ2v) is 5.88. The number of carbonyl (C=O) groups excluding carboxylic acids is 1. The standard InChI is InChI=1S/C17H26N2O2/c1-2-13-8-9-18-16(11-13)17(21)19-15(12-20)10-14-6-4-3-5-7-14/h3-7,13,15-16,18,20H,2,8-12H2,1H3,(H,19,21). The van der Waals surface area contributed by atoms with Crippen molar-refractivity contribution < 1.29 is 9.90 Å². The molecule has 1 fully saturated rings. The van der Waals surface area contributed by atoms with Gasteiger partial charge in [0.05, 0.1) is 18.7 Å². The van der Waals surface area contributed by atoms with Crippen molar-refractivity contribution in [2.45, 2.75) is 44.7 Å². The number of nitrogens with one attached hydrogen (secondary N) is 2. The van der Waals surface area contributed by atoms with Crippen LogP contribution in [0.5, 0.6) is 0 Å². The lowest BCUT2D eigenvalue weighted by molar-refractivity contribution is -0.125. The van der Waals surface area contributed by atoms with Gasteiger partial charge in [-0.15, -0.1) is 0 Å². The summed E-state index contributed by atoms with van der Waals surface area (Å²) in [5, 5.41) is 15.8. The van der Waals surface area contributed by atoms with Gasteiger partial charge in [-0.3, -0.25) is 4.79 Å². The molecular formula is C17H26N2O2. The third-order valence-electron chi connectivity index (χ3n) is 4.30. The molecule has 0 radical (unpaired) electrons. The molecule has 2 rings (SSSR count). The van der Waals surface area contributed by atoms with Gasteiger partial charge in [0.1, 0.15) is 0 Å². The second kappa shape index (κ2) is 8.15. The Balaban J connectivity index is 1.87. The normalized spacial score (nSPS) is 23.5. The van der Waals surface area contributed by atoms with Crippen molar-refractivity contribution in [2.75, 3.05) is 13.2 Å². The Labute approximate surface area is 126 Å². The number of hydrogen-bond acceptors (Lipinski definition) is 3. The fraction of sp³-hybridized carbons (Fsp3) is 0.588. The summed E-state index contributed by atoms with van der Waals surface area (Å²) in [6, 6.07) is 9.60. The molecule has 1 aliphatic heterocycles. The van der Waals surface area contributed by atoms with Crippen LogP contribution in [0.3, 0.4) is 0 Å². The molecule has 1 aliphatic rings. The Bertz CT molecular complexity index is 436. The molecule has 1 aromatic rings. The van der Waals surface area contributed by atoms with Crippen molar-refractivity contribution in [3.8, 4) is 0 Å². The highest BCUT2D eigenvalue weighted by Gasteiger charge is 2.27. The lowest BCUT2D eigenvalue weighted by Gasteiger charge is -2.30. The molecule has 3 unspecified atom stereocenters. The van der Waals surface area contributed by atoms with Crippen LogP contribution in [0, 0.1) is 5.92 Å². The van der Waals surface area contributed by atoms with E-state index in [9.17, 15) is 9.90 Å². The first-order valence-electron chi connectivity index (χ1n) is 7.91. The number of aliphatic hydroxyl groups is 1. The van der Waals surface area contributed by atoms with E-state index in [-0.39, 0.29) is 24.6 Å². The predicted molar refractivity (Wildman–Crippen MR) is 84.0 cm³/mol. The Morgan fingerprint density at radius 2 is 2.19 bits per heavy atom. The average molecular weight is 290 g/mol. The van der Waals surface area contributed by atoms with Crippen LogP contribution in [0.1, 0.15) is 31.7 Å². The minimum absolute atomic E-state index is 0.0168. The summed E-state index contributed by atoms with van der Waals surface area (Å²) in [6.45, 7) is 3.04. The lowest BCUT2D eigenvalue weighted by atomic mass is 9.90. The van der Waals surface area contributed by atoms with Gasteiger partial charge in [0, 0.05) is 0 Å². The molecule has 1 heterocycles. The molecule has 3 N–H and O–H groups in total. The molecule has 21 heavy (non-hydrogen) atoms. The number of benzene rings is 1. The summed E-state index contributed by atoms with van der Waals surface area (Å²) in [5.41, 5.74) is 1.12. The summed E-state index contributed by atoms with van der Waals surface area (Å²) in [7, 11) is 0. The summed E-state index contributed by atoms with van der Waals surface area (Å²) in [4.78, 5) is 12.3. The third-order valence-corrected chi connectivity index (χ3v) is 4.30. The lowest BCUT2D eigenvalue weighted by Crippen LogP contribution is -2.52. The number of amides is 1. The zero-order valence-electron chi connectivity index (χ0n) is 12.7. The predicted octanol–water partition coefficient (Wildman–Crippen LogP) is 1.48. The molecule has 4 nitrogen and oxygen atoms in total. The summed E-state index contributed by atoms with van der Waals surface area (Å²) >= 11 is 0. The molecule has 0 saturated carbocycles. The Hall–Kier alpha value is -1.39. The van der Waals surface area contributed by atoms with E-state index in [2.05, 4.69) is 17.6 Å². The molecule has 1 saturated heterocycles. The van der Waals surface area contributed by atoms with Gasteiger partial charge in [-0.2, -0.15) is 0 Å². The van der Waals surface area contributed by atoms with Gasteiger partial charge < -0.3 is 15.7 Å². The SMILES string of the molecule is CCC1CCNC(C(=O)NC(CO)Cc2ccccc2)C1. The number of hydrogen-bond donors (Lipinski definition) is 3. The highest BCUT2D eigenvalue weighted by atomic mass is 16.3. The van der Waals surface area contributed by atoms with Crippen LogP contribution in [-0.4, -0.2) is 36.2 Å². The van der Waals surface area contributed by atoms with Crippen LogP contribution < -0.4 is 10.6 Å². The average Bonchev–Trinajstić information content (AvgIpc) is 2.55. The van der Waals surface area contributed by atoms with Crippen LogP contribution in [0.4, 0.5) is 0 Å². The first-order valence-corrected chi connectivity index (χ1v) is 7.91. The van der Waals surface area contributed by atoms with Gasteiger partial charge in [0.2, 0.25) is 5.91 Å². The van der Waals surface area contributed by atoms with E-state index < -0.39 is 0 Å². The molecule has 1 amide bonds. The minimum Gasteiger partial charge on any atom is -0.394 e. The Morgan fingerprint density at radius 1 is 1.43 bits per heavy atom. The first kappa shape index (κ1) is 16.0. The zero-order valence-corrected chi connectivity index (χ0v) is 12.7. The summed E-state index contributed by atoms with van der Waals surface area (Å²) in [6.07, 6.45) is 3.82. The quantitative estimate of drug-likeness (QED) is 0.744. The van der Waals surface area contributed by atoms with Gasteiger partial charge in [-0.1, -0.05) is 43.7 Å². The Morgan fingerprint density at radius 3 is 2.86 bits per heavy atom. The molecule has 1 aromatic carbocycles. The van der Waals surface area contributed by atoms with Crippen molar-refractivity contribution in [1.29, 1.82) is 0 Å². The maximum atomic E-state index is 12.3. The van der Waals surface area contributed by atoms with Crippen LogP contribution in [0.25, 0.3) is 0 Å². The fourth-order valence-corrected chi connectivity index (χ4v) is 2.93. The minimum atomic E-state index is -0.219. The molecule has 0 aliphatic carbocycles. The highest BCUT2D eigenvalue weighted by Crippen LogP contribution is 2.19. The van der Waals surface area contributed by atoms with E-state index in [1.54, 1.807) is 0 Å². The van der Waals surface area contributed by atoms with Crippen molar-refractivity contribution in [1.82, 2.24) is 10.6 Å². The number of aliphatic hydroxyl groups excluding tert-OH is 1. The van der Waals surface area contributed by atoms with E-state index in [1.165, 1.54) is 0 Å². The van der Waals surface area contributed by atoms with Crippen LogP contribution in [0.15, 0.2) is 30.3 Å². The number of carbonyl (C=O) groups is 1. The van der Waals surface area contributed by atoms with Crippen LogP contribution >= 0.6 is 0 Å². The molecule has 0 spiro atoms. The second-order valence-electron chi connectivity index (χ2n) is 5.88. The van der Waals surface area contributed by atoms with E-state index in [0.717, 1.165) is 31.4 Å². The van der Waals surface area contributed by atoms with Crippen molar-refractivity contribution in [3.05, 3.63) is 35.9 Å². The molecule has 0 bridgehead atoms. The highest BCUT2D eigenvalue weighted by molar-refractivity contribution is 5.82. The third kappa shape index (κ3) is 4.83. The largest absolute Gasteiger partial charge is 0.394 e. The topological polar surface area (TPSA) is 61.4 Å². The molecule has 3 atom stereocenters. The van der Waals surface area contributed by atoms with Crippen LogP contribution in [0.2, 0.25) is 0 Å². The maximum Gasteiger partial charge on any atom is 0.237 e. The molecule has 4 heteroatoms. The smallest absolute Gasteiger partial charge is 0.237 e. The molecular weight excluding hydrogens is 264 g/mol. The van der Waals surface area contributed by atoms with E-state index in [0.29, 0.717) is 12.3 Å². The summed E-state index contributed by atoms with van der Waals surface area (Å²) in [5.74, 6) is 0.645. The summed E-state index contributed by atoms with van der Waals surface area (Å²) < 4.78 is 0. The van der Waals surface area contributed by atoms with E-state index in [4.69, 9.17) is 0 Å². The van der Waals surface area contributed by atoms with Crippen LogP contribution in [-0.2, 0) is 11.2 Å². The van der Waals surface area contributed by atoms with Gasteiger partial charge in [0.15, 0.2) is 0 Å².